The molecule has 27 heavy (non-hydrogen) atoms. The number of pyridine rings is 1. The van der Waals surface area contributed by atoms with E-state index in [9.17, 15) is 14.4 Å². The highest BCUT2D eigenvalue weighted by molar-refractivity contribution is 6.30. The maximum Gasteiger partial charge on any atom is 0.270 e. The third-order valence-corrected chi connectivity index (χ3v) is 4.77. The summed E-state index contributed by atoms with van der Waals surface area (Å²) in [5.74, 6) is -0.656. The van der Waals surface area contributed by atoms with E-state index < -0.39 is 11.5 Å². The van der Waals surface area contributed by atoms with Gasteiger partial charge in [-0.1, -0.05) is 23.7 Å². The first kappa shape index (κ1) is 19.1. The minimum Gasteiger partial charge on any atom is -0.348 e. The number of likely N-dealkylation sites (N-methyl/N-ethyl adjacent to an activating group) is 1. The molecule has 3 rings (SSSR count). The van der Waals surface area contributed by atoms with Crippen molar-refractivity contribution < 1.29 is 9.59 Å². The minimum atomic E-state index is -0.463. The number of nitrogens with zero attached hydrogens (tertiary/aromatic N) is 2. The SMILES string of the molecule is CNCCN1CCn2c(ccc(C(=O)NCc3ccc(Cl)cc3)c2=O)C1=O. The third kappa shape index (κ3) is 4.20. The maximum absolute atomic E-state index is 12.7. The lowest BCUT2D eigenvalue weighted by molar-refractivity contribution is 0.0701. The lowest BCUT2D eigenvalue weighted by atomic mass is 10.1. The van der Waals surface area contributed by atoms with Crippen LogP contribution in [-0.4, -0.2) is 48.0 Å². The zero-order valence-electron chi connectivity index (χ0n) is 15.0. The molecular formula is C19H21ClN4O3. The van der Waals surface area contributed by atoms with Gasteiger partial charge in [-0.2, -0.15) is 0 Å². The number of aromatic nitrogens is 1. The van der Waals surface area contributed by atoms with E-state index in [0.29, 0.717) is 36.9 Å². The lowest BCUT2D eigenvalue weighted by Gasteiger charge is -2.29. The molecule has 0 bridgehead atoms. The first-order valence-electron chi connectivity index (χ1n) is 8.71. The number of amides is 2. The highest BCUT2D eigenvalue weighted by Crippen LogP contribution is 2.12. The second-order valence-corrected chi connectivity index (χ2v) is 6.73. The molecule has 0 saturated carbocycles. The summed E-state index contributed by atoms with van der Waals surface area (Å²) < 4.78 is 1.38. The van der Waals surface area contributed by atoms with Crippen LogP contribution < -0.4 is 16.2 Å². The summed E-state index contributed by atoms with van der Waals surface area (Å²) in [7, 11) is 1.82. The Hall–Kier alpha value is -2.64. The maximum atomic E-state index is 12.7. The molecule has 1 aliphatic heterocycles. The number of halogens is 1. The Morgan fingerprint density at radius 3 is 2.56 bits per heavy atom. The van der Waals surface area contributed by atoms with E-state index in [4.69, 9.17) is 11.6 Å². The fourth-order valence-corrected chi connectivity index (χ4v) is 3.11. The Balaban J connectivity index is 1.74. The van der Waals surface area contributed by atoms with Gasteiger partial charge in [-0.05, 0) is 36.9 Å². The van der Waals surface area contributed by atoms with Gasteiger partial charge in [0.15, 0.2) is 0 Å². The van der Waals surface area contributed by atoms with E-state index in [-0.39, 0.29) is 18.0 Å². The molecule has 2 N–H and O–H groups in total. The highest BCUT2D eigenvalue weighted by atomic mass is 35.5. The molecule has 0 fully saturated rings. The molecule has 0 unspecified atom stereocenters. The van der Waals surface area contributed by atoms with Gasteiger partial charge in [0.2, 0.25) is 0 Å². The number of fused-ring (bicyclic) bond motifs is 1. The van der Waals surface area contributed by atoms with Crippen molar-refractivity contribution in [2.75, 3.05) is 26.7 Å². The van der Waals surface area contributed by atoms with Crippen LogP contribution in [-0.2, 0) is 13.1 Å². The largest absolute Gasteiger partial charge is 0.348 e. The average molecular weight is 389 g/mol. The van der Waals surface area contributed by atoms with E-state index in [2.05, 4.69) is 10.6 Å². The van der Waals surface area contributed by atoms with Gasteiger partial charge >= 0.3 is 0 Å². The summed E-state index contributed by atoms with van der Waals surface area (Å²) in [5.41, 5.74) is 0.782. The van der Waals surface area contributed by atoms with Crippen LogP contribution in [0.1, 0.15) is 26.4 Å². The minimum absolute atomic E-state index is 0.0317. The van der Waals surface area contributed by atoms with Crippen LogP contribution in [0.25, 0.3) is 0 Å². The number of carbonyl (C=O) groups excluding carboxylic acids is 2. The Morgan fingerprint density at radius 1 is 1.11 bits per heavy atom. The second kappa shape index (κ2) is 8.37. The fourth-order valence-electron chi connectivity index (χ4n) is 2.98. The number of rotatable bonds is 6. The normalized spacial score (nSPS) is 13.4. The van der Waals surface area contributed by atoms with Crippen LogP contribution in [0.15, 0.2) is 41.2 Å². The predicted molar refractivity (Wildman–Crippen MR) is 103 cm³/mol. The fraction of sp³-hybridized carbons (Fsp3) is 0.316. The number of carbonyl (C=O) groups is 2. The van der Waals surface area contributed by atoms with E-state index in [1.54, 1.807) is 35.2 Å². The topological polar surface area (TPSA) is 83.4 Å². The molecule has 2 aromatic rings. The number of hydrogen-bond acceptors (Lipinski definition) is 4. The molecule has 0 aliphatic carbocycles. The van der Waals surface area contributed by atoms with E-state index in [0.717, 1.165) is 5.56 Å². The van der Waals surface area contributed by atoms with Crippen molar-refractivity contribution in [2.45, 2.75) is 13.1 Å². The summed E-state index contributed by atoms with van der Waals surface area (Å²) in [4.78, 5) is 39.3. The van der Waals surface area contributed by atoms with Crippen molar-refractivity contribution in [1.29, 1.82) is 0 Å². The van der Waals surface area contributed by atoms with Gasteiger partial charge in [0, 0.05) is 37.7 Å². The molecule has 142 valence electrons. The van der Waals surface area contributed by atoms with Crippen molar-refractivity contribution in [3.05, 3.63) is 68.6 Å². The molecule has 8 heteroatoms. The van der Waals surface area contributed by atoms with Crippen molar-refractivity contribution in [3.63, 3.8) is 0 Å². The van der Waals surface area contributed by atoms with E-state index >= 15 is 0 Å². The summed E-state index contributed by atoms with van der Waals surface area (Å²) in [5, 5.41) is 6.35. The summed E-state index contributed by atoms with van der Waals surface area (Å²) >= 11 is 5.84. The molecule has 7 nitrogen and oxygen atoms in total. The smallest absolute Gasteiger partial charge is 0.270 e. The molecule has 0 radical (unpaired) electrons. The van der Waals surface area contributed by atoms with Crippen LogP contribution in [0.5, 0.6) is 0 Å². The van der Waals surface area contributed by atoms with Gasteiger partial charge in [0.25, 0.3) is 17.4 Å². The lowest BCUT2D eigenvalue weighted by Crippen LogP contribution is -2.47. The summed E-state index contributed by atoms with van der Waals surface area (Å²) in [6.07, 6.45) is 0. The number of nitrogens with one attached hydrogen (secondary N) is 2. The molecule has 1 aromatic heterocycles. The molecule has 0 atom stereocenters. The molecule has 2 amide bonds. The predicted octanol–water partition coefficient (Wildman–Crippen LogP) is 1.11. The first-order chi connectivity index (χ1) is 13.0. The van der Waals surface area contributed by atoms with Gasteiger partial charge in [0.1, 0.15) is 11.3 Å². The van der Waals surface area contributed by atoms with Crippen LogP contribution in [0.4, 0.5) is 0 Å². The van der Waals surface area contributed by atoms with Gasteiger partial charge in [-0.25, -0.2) is 0 Å². The number of benzene rings is 1. The van der Waals surface area contributed by atoms with Gasteiger partial charge in [0.05, 0.1) is 0 Å². The molecule has 0 spiro atoms. The van der Waals surface area contributed by atoms with Gasteiger partial charge < -0.3 is 20.1 Å². The Labute approximate surface area is 161 Å². The van der Waals surface area contributed by atoms with Crippen molar-refractivity contribution in [3.8, 4) is 0 Å². The Morgan fingerprint density at radius 2 is 1.85 bits per heavy atom. The third-order valence-electron chi connectivity index (χ3n) is 4.52. The zero-order chi connectivity index (χ0) is 19.4. The van der Waals surface area contributed by atoms with Gasteiger partial charge in [-0.3, -0.25) is 14.4 Å². The first-order valence-corrected chi connectivity index (χ1v) is 9.09. The average Bonchev–Trinajstić information content (AvgIpc) is 2.67. The monoisotopic (exact) mass is 388 g/mol. The van der Waals surface area contributed by atoms with Crippen molar-refractivity contribution >= 4 is 23.4 Å². The van der Waals surface area contributed by atoms with Gasteiger partial charge in [-0.15, -0.1) is 0 Å². The quantitative estimate of drug-likeness (QED) is 0.776. The zero-order valence-corrected chi connectivity index (χ0v) is 15.8. The molecular weight excluding hydrogens is 368 g/mol. The second-order valence-electron chi connectivity index (χ2n) is 6.29. The molecule has 0 saturated heterocycles. The molecule has 1 aliphatic rings. The van der Waals surface area contributed by atoms with Crippen LogP contribution in [0.2, 0.25) is 5.02 Å². The summed E-state index contributed by atoms with van der Waals surface area (Å²) in [6, 6.07) is 10.1. The van der Waals surface area contributed by atoms with Crippen molar-refractivity contribution in [1.82, 2.24) is 20.1 Å². The Bertz CT molecular complexity index is 908. The summed E-state index contributed by atoms with van der Waals surface area (Å²) in [6.45, 7) is 2.37. The van der Waals surface area contributed by atoms with E-state index in [1.807, 2.05) is 7.05 Å². The van der Waals surface area contributed by atoms with E-state index in [1.165, 1.54) is 10.6 Å². The van der Waals surface area contributed by atoms with Crippen LogP contribution >= 0.6 is 11.6 Å². The molecule has 1 aromatic carbocycles. The molecule has 2 heterocycles. The number of hydrogen-bond donors (Lipinski definition) is 2. The van der Waals surface area contributed by atoms with Crippen LogP contribution in [0, 0.1) is 0 Å². The highest BCUT2D eigenvalue weighted by Gasteiger charge is 2.26. The standard InChI is InChI=1S/C19H21ClN4O3/c1-21-8-9-23-10-11-24-16(19(23)27)7-6-15(18(24)26)17(25)22-12-13-2-4-14(20)5-3-13/h2-7,21H,8-12H2,1H3,(H,22,25). The Kier molecular flexibility index (Phi) is 5.93. The van der Waals surface area contributed by atoms with Crippen molar-refractivity contribution in [2.24, 2.45) is 0 Å². The van der Waals surface area contributed by atoms with Crippen LogP contribution in [0.3, 0.4) is 0 Å².